The maximum atomic E-state index is 10.3. The van der Waals surface area contributed by atoms with Gasteiger partial charge in [0.15, 0.2) is 0 Å². The van der Waals surface area contributed by atoms with E-state index in [4.69, 9.17) is 10.2 Å². The zero-order valence-electron chi connectivity index (χ0n) is 8.60. The summed E-state index contributed by atoms with van der Waals surface area (Å²) in [6.45, 7) is 1.95. The molecule has 2 N–H and O–H groups in total. The molecule has 0 aliphatic heterocycles. The van der Waals surface area contributed by atoms with E-state index in [1.807, 2.05) is 25.1 Å². The van der Waals surface area contributed by atoms with Gasteiger partial charge in [-0.1, -0.05) is 24.3 Å². The monoisotopic (exact) mass is 206 g/mol. The van der Waals surface area contributed by atoms with Crippen molar-refractivity contribution in [2.75, 3.05) is 0 Å². The Morgan fingerprint density at radius 3 is 2.80 bits per heavy atom. The summed E-state index contributed by atoms with van der Waals surface area (Å²) in [4.78, 5) is 10.3. The average molecular weight is 206 g/mol. The number of benzene rings is 1. The fourth-order valence-electron chi connectivity index (χ4n) is 1.25. The van der Waals surface area contributed by atoms with Crippen molar-refractivity contribution in [2.45, 2.75) is 20.0 Å². The van der Waals surface area contributed by atoms with Crippen molar-refractivity contribution in [1.29, 1.82) is 0 Å². The molecule has 0 aliphatic carbocycles. The van der Waals surface area contributed by atoms with Crippen LogP contribution in [0, 0.1) is 6.92 Å². The maximum absolute atomic E-state index is 10.3. The van der Waals surface area contributed by atoms with Crippen molar-refractivity contribution < 1.29 is 15.0 Å². The van der Waals surface area contributed by atoms with E-state index in [1.54, 1.807) is 12.2 Å². The minimum absolute atomic E-state index is 0.0000502. The van der Waals surface area contributed by atoms with E-state index in [0.717, 1.165) is 16.7 Å². The van der Waals surface area contributed by atoms with Crippen molar-refractivity contribution in [2.24, 2.45) is 0 Å². The highest BCUT2D eigenvalue weighted by Gasteiger charge is 1.97. The van der Waals surface area contributed by atoms with Gasteiger partial charge in [-0.05, 0) is 29.7 Å². The van der Waals surface area contributed by atoms with Crippen LogP contribution in [0.3, 0.4) is 0 Å². The van der Waals surface area contributed by atoms with Crippen LogP contribution < -0.4 is 0 Å². The van der Waals surface area contributed by atoms with Gasteiger partial charge in [-0.2, -0.15) is 0 Å². The molecule has 0 atom stereocenters. The topological polar surface area (TPSA) is 57.5 Å². The predicted molar refractivity (Wildman–Crippen MR) is 58.4 cm³/mol. The van der Waals surface area contributed by atoms with Crippen LogP contribution in [0.25, 0.3) is 6.08 Å². The lowest BCUT2D eigenvalue weighted by Gasteiger charge is -2.02. The Kier molecular flexibility index (Phi) is 4.06. The highest BCUT2D eigenvalue weighted by Crippen LogP contribution is 2.13. The Balaban J connectivity index is 2.83. The number of rotatable bonds is 4. The SMILES string of the molecule is Cc1ccc(CO)cc1C=CCC(=O)O. The minimum atomic E-state index is -0.845. The molecule has 1 aromatic rings. The fraction of sp³-hybridized carbons (Fsp3) is 0.250. The molecular formula is C12H14O3. The molecule has 3 nitrogen and oxygen atoms in total. The number of carboxylic acids is 1. The van der Waals surface area contributed by atoms with Gasteiger partial charge in [0, 0.05) is 0 Å². The van der Waals surface area contributed by atoms with E-state index >= 15 is 0 Å². The van der Waals surface area contributed by atoms with Crippen LogP contribution in [0.1, 0.15) is 23.1 Å². The number of carboxylic acid groups (broad SMARTS) is 1. The van der Waals surface area contributed by atoms with Gasteiger partial charge in [-0.3, -0.25) is 4.79 Å². The smallest absolute Gasteiger partial charge is 0.307 e. The summed E-state index contributed by atoms with van der Waals surface area (Å²) < 4.78 is 0. The molecule has 0 aromatic heterocycles. The lowest BCUT2D eigenvalue weighted by molar-refractivity contribution is -0.135. The van der Waals surface area contributed by atoms with Crippen molar-refractivity contribution in [3.63, 3.8) is 0 Å². The molecule has 0 bridgehead atoms. The van der Waals surface area contributed by atoms with Crippen LogP contribution >= 0.6 is 0 Å². The van der Waals surface area contributed by atoms with Gasteiger partial charge < -0.3 is 10.2 Å². The molecule has 0 radical (unpaired) electrons. The Bertz CT molecular complexity index is 380. The normalized spacial score (nSPS) is 10.8. The first-order valence-electron chi connectivity index (χ1n) is 4.72. The highest BCUT2D eigenvalue weighted by atomic mass is 16.4. The van der Waals surface area contributed by atoms with Crippen molar-refractivity contribution in [1.82, 2.24) is 0 Å². The molecule has 1 rings (SSSR count). The molecule has 0 heterocycles. The Hall–Kier alpha value is -1.61. The first-order chi connectivity index (χ1) is 7.13. The Morgan fingerprint density at radius 1 is 1.47 bits per heavy atom. The number of aryl methyl sites for hydroxylation is 1. The molecule has 0 spiro atoms. The van der Waals surface area contributed by atoms with E-state index in [0.29, 0.717) is 0 Å². The molecule has 0 unspecified atom stereocenters. The molecule has 0 aliphatic rings. The van der Waals surface area contributed by atoms with Gasteiger partial charge in [-0.15, -0.1) is 0 Å². The van der Waals surface area contributed by atoms with Gasteiger partial charge in [0.2, 0.25) is 0 Å². The molecule has 0 saturated carbocycles. The largest absolute Gasteiger partial charge is 0.481 e. The van der Waals surface area contributed by atoms with Gasteiger partial charge in [0.25, 0.3) is 0 Å². The van der Waals surface area contributed by atoms with Crippen LogP contribution in [0.15, 0.2) is 24.3 Å². The summed E-state index contributed by atoms with van der Waals surface area (Å²) in [5.74, 6) is -0.845. The van der Waals surface area contributed by atoms with Gasteiger partial charge in [-0.25, -0.2) is 0 Å². The third-order valence-electron chi connectivity index (χ3n) is 2.12. The van der Waals surface area contributed by atoms with Crippen LogP contribution in [-0.2, 0) is 11.4 Å². The van der Waals surface area contributed by atoms with E-state index < -0.39 is 5.97 Å². The number of aliphatic hydroxyl groups is 1. The fourth-order valence-corrected chi connectivity index (χ4v) is 1.25. The Morgan fingerprint density at radius 2 is 2.20 bits per heavy atom. The number of hydrogen-bond donors (Lipinski definition) is 2. The molecule has 1 aromatic carbocycles. The van der Waals surface area contributed by atoms with Crippen molar-refractivity contribution >= 4 is 12.0 Å². The van der Waals surface area contributed by atoms with Crippen LogP contribution in [0.2, 0.25) is 0 Å². The summed E-state index contributed by atoms with van der Waals surface area (Å²) >= 11 is 0. The van der Waals surface area contributed by atoms with Crippen molar-refractivity contribution in [3.8, 4) is 0 Å². The lowest BCUT2D eigenvalue weighted by atomic mass is 10.0. The number of hydrogen-bond acceptors (Lipinski definition) is 2. The zero-order chi connectivity index (χ0) is 11.3. The third-order valence-corrected chi connectivity index (χ3v) is 2.12. The summed E-state index contributed by atoms with van der Waals surface area (Å²) in [5.41, 5.74) is 2.84. The lowest BCUT2D eigenvalue weighted by Crippen LogP contribution is -1.90. The third kappa shape index (κ3) is 3.56. The van der Waals surface area contributed by atoms with Crippen LogP contribution in [0.4, 0.5) is 0 Å². The molecule has 0 saturated heterocycles. The average Bonchev–Trinajstić information content (AvgIpc) is 2.20. The second-order valence-corrected chi connectivity index (χ2v) is 3.35. The standard InChI is InChI=1S/C12H14O3/c1-9-5-6-10(8-13)7-11(9)3-2-4-12(14)15/h2-3,5-7,13H,4,8H2,1H3,(H,14,15). The van der Waals surface area contributed by atoms with Crippen molar-refractivity contribution in [3.05, 3.63) is 41.0 Å². The van der Waals surface area contributed by atoms with E-state index in [-0.39, 0.29) is 13.0 Å². The first kappa shape index (κ1) is 11.5. The first-order valence-corrected chi connectivity index (χ1v) is 4.72. The molecule has 0 fully saturated rings. The van der Waals surface area contributed by atoms with E-state index in [2.05, 4.69) is 0 Å². The minimum Gasteiger partial charge on any atom is -0.481 e. The maximum Gasteiger partial charge on any atom is 0.307 e. The van der Waals surface area contributed by atoms with Gasteiger partial charge in [0.05, 0.1) is 13.0 Å². The number of aliphatic hydroxyl groups excluding tert-OH is 1. The molecular weight excluding hydrogens is 192 g/mol. The second kappa shape index (κ2) is 5.32. The summed E-state index contributed by atoms with van der Waals surface area (Å²) in [6, 6.07) is 5.61. The summed E-state index contributed by atoms with van der Waals surface area (Å²) in [7, 11) is 0. The summed E-state index contributed by atoms with van der Waals surface area (Å²) in [6.07, 6.45) is 3.39. The van der Waals surface area contributed by atoms with Crippen LogP contribution in [-0.4, -0.2) is 16.2 Å². The van der Waals surface area contributed by atoms with Gasteiger partial charge >= 0.3 is 5.97 Å². The quantitative estimate of drug-likeness (QED) is 0.791. The Labute approximate surface area is 88.7 Å². The molecule has 15 heavy (non-hydrogen) atoms. The molecule has 0 amide bonds. The molecule has 3 heteroatoms. The second-order valence-electron chi connectivity index (χ2n) is 3.35. The van der Waals surface area contributed by atoms with Crippen LogP contribution in [0.5, 0.6) is 0 Å². The van der Waals surface area contributed by atoms with Gasteiger partial charge in [0.1, 0.15) is 0 Å². The van der Waals surface area contributed by atoms with E-state index in [1.165, 1.54) is 0 Å². The summed E-state index contributed by atoms with van der Waals surface area (Å²) in [5, 5.41) is 17.4. The van der Waals surface area contributed by atoms with E-state index in [9.17, 15) is 4.79 Å². The number of carbonyl (C=O) groups is 1. The predicted octanol–water partition coefficient (Wildman–Crippen LogP) is 1.98. The highest BCUT2D eigenvalue weighted by molar-refractivity contribution is 5.70. The zero-order valence-corrected chi connectivity index (χ0v) is 8.60. The number of aliphatic carboxylic acids is 1. The molecule has 80 valence electrons.